The van der Waals surface area contributed by atoms with Gasteiger partial charge in [0.1, 0.15) is 18.8 Å². The maximum atomic E-state index is 4.17. The molecule has 0 nitrogen and oxygen atoms in total. The molecule has 1 atom stereocenters. The third-order valence-corrected chi connectivity index (χ3v) is 2.46. The lowest BCUT2D eigenvalue weighted by molar-refractivity contribution is 0.315. The molecule has 0 saturated carbocycles. The van der Waals surface area contributed by atoms with Crippen LogP contribution in [0.2, 0.25) is 0 Å². The van der Waals surface area contributed by atoms with Gasteiger partial charge in [-0.3, -0.25) is 0 Å². The van der Waals surface area contributed by atoms with Crippen molar-refractivity contribution in [3.8, 4) is 0 Å². The highest BCUT2D eigenvalue weighted by molar-refractivity contribution is 4.98. The molecule has 0 bridgehead atoms. The Balaban J connectivity index is 4.02. The van der Waals surface area contributed by atoms with E-state index in [1.54, 1.807) is 0 Å². The number of rotatable bonds is 4. The van der Waals surface area contributed by atoms with Gasteiger partial charge in [0.2, 0.25) is 5.41 Å². The Morgan fingerprint density at radius 2 is 1.55 bits per heavy atom. The minimum atomic E-state index is 0.152. The van der Waals surface area contributed by atoms with Gasteiger partial charge in [-0.2, -0.15) is 0 Å². The standard InChI is InChI=1S/C11H22/c1-7-10(3,4)9-11(5,6)8-2/h9H,3,7-8H2,1-2,4-6H3/q+2. The average Bonchev–Trinajstić information content (AvgIpc) is 1.86. The van der Waals surface area contributed by atoms with E-state index in [0.29, 0.717) is 5.41 Å². The van der Waals surface area contributed by atoms with Crippen molar-refractivity contribution in [3.63, 3.8) is 0 Å². The SMILES string of the molecule is [CH2+]C(C)([CH+]C(C)(C)CC)CC. The zero-order chi connectivity index (χ0) is 9.12. The van der Waals surface area contributed by atoms with Crippen LogP contribution in [0.25, 0.3) is 0 Å². The second-order valence-corrected chi connectivity index (χ2v) is 4.49. The van der Waals surface area contributed by atoms with E-state index in [-0.39, 0.29) is 5.41 Å². The van der Waals surface area contributed by atoms with Gasteiger partial charge in [0.25, 0.3) is 0 Å². The molecule has 0 radical (unpaired) electrons. The number of hydrogen-bond donors (Lipinski definition) is 0. The predicted molar refractivity (Wildman–Crippen MR) is 52.1 cm³/mol. The first-order valence-electron chi connectivity index (χ1n) is 4.55. The van der Waals surface area contributed by atoms with Gasteiger partial charge < -0.3 is 0 Å². The molecular weight excluding hydrogens is 132 g/mol. The van der Waals surface area contributed by atoms with Gasteiger partial charge >= 0.3 is 0 Å². The van der Waals surface area contributed by atoms with E-state index < -0.39 is 0 Å². The quantitative estimate of drug-likeness (QED) is 0.539. The Morgan fingerprint density at radius 1 is 1.09 bits per heavy atom. The van der Waals surface area contributed by atoms with Crippen LogP contribution in [-0.2, 0) is 0 Å². The van der Waals surface area contributed by atoms with Crippen molar-refractivity contribution in [2.45, 2.75) is 47.5 Å². The molecule has 0 aromatic heterocycles. The van der Waals surface area contributed by atoms with E-state index >= 15 is 0 Å². The third-order valence-electron chi connectivity index (χ3n) is 2.46. The fourth-order valence-corrected chi connectivity index (χ4v) is 1.15. The molecule has 1 unspecified atom stereocenters. The molecular formula is C11H22+2. The van der Waals surface area contributed by atoms with Crippen LogP contribution in [0.5, 0.6) is 0 Å². The first-order valence-corrected chi connectivity index (χ1v) is 4.55. The molecule has 0 aliphatic heterocycles. The van der Waals surface area contributed by atoms with E-state index in [1.165, 1.54) is 6.42 Å². The first kappa shape index (κ1) is 10.7. The molecule has 0 rings (SSSR count). The molecule has 0 aromatic carbocycles. The summed E-state index contributed by atoms with van der Waals surface area (Å²) in [5.74, 6) is 0. The van der Waals surface area contributed by atoms with Crippen LogP contribution < -0.4 is 0 Å². The summed E-state index contributed by atoms with van der Waals surface area (Å²) < 4.78 is 0. The Bertz CT molecular complexity index is 95.2. The lowest BCUT2D eigenvalue weighted by atomic mass is 9.72. The van der Waals surface area contributed by atoms with Crippen LogP contribution in [-0.4, -0.2) is 0 Å². The molecule has 0 heterocycles. The number of hydrogen-bond acceptors (Lipinski definition) is 0. The average molecular weight is 154 g/mol. The first-order chi connectivity index (χ1) is 4.83. The summed E-state index contributed by atoms with van der Waals surface area (Å²) in [6, 6.07) is 0. The highest BCUT2D eigenvalue weighted by atomic mass is 14.3. The zero-order valence-electron chi connectivity index (χ0n) is 8.70. The lowest BCUT2D eigenvalue weighted by Crippen LogP contribution is -2.23. The summed E-state index contributed by atoms with van der Waals surface area (Å²) in [5.41, 5.74) is 0.492. The smallest absolute Gasteiger partial charge is 0.0608 e. The van der Waals surface area contributed by atoms with E-state index in [2.05, 4.69) is 48.0 Å². The minimum Gasteiger partial charge on any atom is -0.0608 e. The van der Waals surface area contributed by atoms with Crippen LogP contribution in [0.3, 0.4) is 0 Å². The molecule has 64 valence electrons. The van der Waals surface area contributed by atoms with Gasteiger partial charge in [-0.05, 0) is 20.3 Å². The molecule has 0 saturated heterocycles. The highest BCUT2D eigenvalue weighted by Crippen LogP contribution is 2.36. The topological polar surface area (TPSA) is 0 Å². The predicted octanol–water partition coefficient (Wildman–Crippen LogP) is 3.88. The molecule has 0 N–H and O–H groups in total. The maximum Gasteiger partial charge on any atom is 0.230 e. The normalized spacial score (nSPS) is 17.5. The van der Waals surface area contributed by atoms with Gasteiger partial charge in [0.15, 0.2) is 0 Å². The van der Waals surface area contributed by atoms with Crippen LogP contribution >= 0.6 is 0 Å². The second kappa shape index (κ2) is 3.42. The van der Waals surface area contributed by atoms with Crippen molar-refractivity contribution in [2.24, 2.45) is 10.8 Å². The minimum absolute atomic E-state index is 0.152. The van der Waals surface area contributed by atoms with E-state index in [1.807, 2.05) is 0 Å². The van der Waals surface area contributed by atoms with Crippen LogP contribution in [0.1, 0.15) is 47.5 Å². The van der Waals surface area contributed by atoms with Crippen LogP contribution in [0.15, 0.2) is 0 Å². The molecule has 0 fully saturated rings. The van der Waals surface area contributed by atoms with Crippen molar-refractivity contribution in [1.29, 1.82) is 0 Å². The zero-order valence-corrected chi connectivity index (χ0v) is 8.70. The summed E-state index contributed by atoms with van der Waals surface area (Å²) in [7, 11) is 0. The molecule has 0 amide bonds. The molecule has 0 heteroatoms. The van der Waals surface area contributed by atoms with Crippen molar-refractivity contribution in [1.82, 2.24) is 0 Å². The Hall–Kier alpha value is -0.260. The van der Waals surface area contributed by atoms with Crippen molar-refractivity contribution in [2.75, 3.05) is 0 Å². The van der Waals surface area contributed by atoms with Crippen molar-refractivity contribution in [3.05, 3.63) is 13.3 Å². The summed E-state index contributed by atoms with van der Waals surface area (Å²) in [6.07, 6.45) is 4.69. The molecule has 0 aliphatic rings. The Morgan fingerprint density at radius 3 is 1.82 bits per heavy atom. The lowest BCUT2D eigenvalue weighted by Gasteiger charge is -2.18. The molecule has 11 heavy (non-hydrogen) atoms. The van der Waals surface area contributed by atoms with Gasteiger partial charge in [-0.1, -0.05) is 13.8 Å². The van der Waals surface area contributed by atoms with Gasteiger partial charge in [0.05, 0.1) is 0 Å². The van der Waals surface area contributed by atoms with Crippen LogP contribution in [0.4, 0.5) is 0 Å². The largest absolute Gasteiger partial charge is 0.230 e. The fraction of sp³-hybridized carbons (Fsp3) is 0.818. The van der Waals surface area contributed by atoms with Gasteiger partial charge in [-0.25, -0.2) is 0 Å². The van der Waals surface area contributed by atoms with Crippen molar-refractivity contribution < 1.29 is 0 Å². The van der Waals surface area contributed by atoms with Crippen LogP contribution in [0, 0.1) is 24.2 Å². The monoisotopic (exact) mass is 154 g/mol. The highest BCUT2D eigenvalue weighted by Gasteiger charge is 2.41. The van der Waals surface area contributed by atoms with Crippen molar-refractivity contribution >= 4 is 0 Å². The summed E-state index contributed by atoms with van der Waals surface area (Å²) in [6.45, 7) is 15.3. The Labute approximate surface area is 72.4 Å². The summed E-state index contributed by atoms with van der Waals surface area (Å²) in [4.78, 5) is 0. The summed E-state index contributed by atoms with van der Waals surface area (Å²) >= 11 is 0. The van der Waals surface area contributed by atoms with E-state index in [9.17, 15) is 0 Å². The fourth-order valence-electron chi connectivity index (χ4n) is 1.15. The Kier molecular flexibility index (Phi) is 3.34. The van der Waals surface area contributed by atoms with Gasteiger partial charge in [0, 0.05) is 13.3 Å². The molecule has 0 aliphatic carbocycles. The summed E-state index contributed by atoms with van der Waals surface area (Å²) in [5, 5.41) is 0. The maximum absolute atomic E-state index is 4.17. The molecule has 0 aromatic rings. The van der Waals surface area contributed by atoms with E-state index in [0.717, 1.165) is 6.42 Å². The van der Waals surface area contributed by atoms with E-state index in [4.69, 9.17) is 0 Å². The second-order valence-electron chi connectivity index (χ2n) is 4.49. The molecule has 0 spiro atoms. The van der Waals surface area contributed by atoms with Gasteiger partial charge in [-0.15, -0.1) is 0 Å². The third kappa shape index (κ3) is 4.23.